The number of nitrogens with zero attached hydrogens (tertiary/aromatic N) is 1. The van der Waals surface area contributed by atoms with Crippen molar-refractivity contribution >= 4 is 17.5 Å². The summed E-state index contributed by atoms with van der Waals surface area (Å²) in [4.78, 5) is 42.7. The van der Waals surface area contributed by atoms with E-state index in [-0.39, 0.29) is 29.7 Å². The Labute approximate surface area is 200 Å². The minimum Gasteiger partial charge on any atom is -0.508 e. The van der Waals surface area contributed by atoms with E-state index in [4.69, 9.17) is 5.73 Å². The van der Waals surface area contributed by atoms with Crippen molar-refractivity contribution in [3.8, 4) is 5.75 Å². The van der Waals surface area contributed by atoms with Gasteiger partial charge in [0.2, 0.25) is 5.91 Å². The van der Waals surface area contributed by atoms with Crippen molar-refractivity contribution in [3.05, 3.63) is 70.2 Å². The third-order valence-electron chi connectivity index (χ3n) is 7.75. The van der Waals surface area contributed by atoms with Gasteiger partial charge in [0.15, 0.2) is 17.2 Å². The normalized spacial score (nSPS) is 29.9. The molecular weight excluding hydrogens is 452 g/mol. The number of carbonyl (C=O) groups is 3. The fourth-order valence-corrected chi connectivity index (χ4v) is 6.03. The van der Waals surface area contributed by atoms with Gasteiger partial charge in [-0.3, -0.25) is 19.4 Å². The molecule has 0 saturated heterocycles. The van der Waals surface area contributed by atoms with Crippen molar-refractivity contribution in [1.82, 2.24) is 4.98 Å². The minimum absolute atomic E-state index is 0.0399. The van der Waals surface area contributed by atoms with Gasteiger partial charge < -0.3 is 26.2 Å². The Morgan fingerprint density at radius 2 is 1.89 bits per heavy atom. The van der Waals surface area contributed by atoms with Crippen LogP contribution in [-0.4, -0.2) is 54.6 Å². The van der Waals surface area contributed by atoms with Crippen LogP contribution in [0, 0.1) is 17.8 Å². The third kappa shape index (κ3) is 3.45. The lowest BCUT2D eigenvalue weighted by molar-refractivity contribution is -0.167. The molecule has 6 N–H and O–H groups in total. The molecule has 1 heterocycles. The number of aryl methyl sites for hydroxylation is 2. The summed E-state index contributed by atoms with van der Waals surface area (Å²) < 4.78 is 0. The maximum absolute atomic E-state index is 13.6. The summed E-state index contributed by atoms with van der Waals surface area (Å²) in [5, 5.41) is 43.3. The highest BCUT2D eigenvalue weighted by atomic mass is 16.3. The number of pyridine rings is 1. The highest BCUT2D eigenvalue weighted by Gasteiger charge is 2.62. The van der Waals surface area contributed by atoms with Crippen molar-refractivity contribution in [2.24, 2.45) is 23.5 Å². The number of benzene rings is 1. The summed E-state index contributed by atoms with van der Waals surface area (Å²) in [6.45, 7) is 0. The van der Waals surface area contributed by atoms with Gasteiger partial charge in [-0.2, -0.15) is 0 Å². The number of hydrogen-bond acceptors (Lipinski definition) is 8. The molecule has 0 bridgehead atoms. The van der Waals surface area contributed by atoms with Crippen LogP contribution in [0.3, 0.4) is 0 Å². The summed E-state index contributed by atoms with van der Waals surface area (Å²) in [6.07, 6.45) is 1.85. The topological polar surface area (TPSA) is 171 Å². The first kappa shape index (κ1) is 23.2. The van der Waals surface area contributed by atoms with E-state index in [1.165, 1.54) is 6.07 Å². The molecule has 5 atom stereocenters. The van der Waals surface area contributed by atoms with Crippen molar-refractivity contribution in [1.29, 1.82) is 0 Å². The molecule has 0 spiro atoms. The molecule has 5 rings (SSSR count). The van der Waals surface area contributed by atoms with Gasteiger partial charge in [0, 0.05) is 23.4 Å². The Kier molecular flexibility index (Phi) is 5.49. The number of nitrogens with two attached hydrogens (primary N) is 1. The van der Waals surface area contributed by atoms with Crippen LogP contribution in [0.1, 0.15) is 40.0 Å². The van der Waals surface area contributed by atoms with Crippen molar-refractivity contribution in [2.75, 3.05) is 0 Å². The molecule has 9 nitrogen and oxygen atoms in total. The van der Waals surface area contributed by atoms with E-state index in [9.17, 15) is 34.8 Å². The molecule has 2 unspecified atom stereocenters. The van der Waals surface area contributed by atoms with Gasteiger partial charge in [0.1, 0.15) is 17.4 Å². The van der Waals surface area contributed by atoms with Crippen LogP contribution >= 0.6 is 0 Å². The number of primary amides is 1. The number of ketones is 2. The van der Waals surface area contributed by atoms with Gasteiger partial charge in [0.05, 0.1) is 11.7 Å². The van der Waals surface area contributed by atoms with Gasteiger partial charge in [-0.1, -0.05) is 12.1 Å². The number of rotatable bonds is 4. The zero-order valence-corrected chi connectivity index (χ0v) is 18.8. The van der Waals surface area contributed by atoms with Crippen molar-refractivity contribution in [2.45, 2.75) is 43.8 Å². The maximum Gasteiger partial charge on any atom is 0.230 e. The number of amides is 1. The monoisotopic (exact) mass is 478 g/mol. The van der Waals surface area contributed by atoms with Gasteiger partial charge in [0.25, 0.3) is 0 Å². The molecule has 0 aliphatic heterocycles. The third-order valence-corrected chi connectivity index (χ3v) is 7.75. The minimum atomic E-state index is -2.50. The maximum atomic E-state index is 13.6. The molecule has 1 amide bonds. The number of aromatic nitrogens is 1. The Morgan fingerprint density at radius 3 is 2.57 bits per heavy atom. The van der Waals surface area contributed by atoms with Crippen LogP contribution in [0.4, 0.5) is 0 Å². The number of carbonyl (C=O) groups excluding carboxylic acids is 3. The van der Waals surface area contributed by atoms with Crippen molar-refractivity contribution < 1.29 is 34.8 Å². The number of Topliss-reactive ketones (excluding diaryl/α,β-unsaturated/α-hetero) is 2. The van der Waals surface area contributed by atoms with Crippen LogP contribution in [0.2, 0.25) is 0 Å². The van der Waals surface area contributed by atoms with E-state index in [0.29, 0.717) is 24.8 Å². The number of phenolic OH excluding ortho intramolecular Hbond substituents is 1. The highest BCUT2D eigenvalue weighted by molar-refractivity contribution is 6.15. The van der Waals surface area contributed by atoms with Gasteiger partial charge in [-0.05, 0) is 67.3 Å². The van der Waals surface area contributed by atoms with Crippen LogP contribution in [0.15, 0.2) is 47.9 Å². The molecule has 9 heteroatoms. The number of fused-ring (bicyclic) bond motifs is 3. The second-order valence-electron chi connectivity index (χ2n) is 9.66. The lowest BCUT2D eigenvalue weighted by atomic mass is 9.57. The molecule has 1 aromatic heterocycles. The zero-order valence-electron chi connectivity index (χ0n) is 18.8. The predicted octanol–water partition coefficient (Wildman–Crippen LogP) is 0.926. The smallest absolute Gasteiger partial charge is 0.230 e. The molecule has 1 fully saturated rings. The molecule has 3 aliphatic rings. The Bertz CT molecular complexity index is 1270. The van der Waals surface area contributed by atoms with E-state index in [0.717, 1.165) is 11.3 Å². The number of phenols is 1. The fourth-order valence-electron chi connectivity index (χ4n) is 6.03. The largest absolute Gasteiger partial charge is 0.508 e. The molecule has 1 saturated carbocycles. The van der Waals surface area contributed by atoms with Gasteiger partial charge in [-0.25, -0.2) is 0 Å². The molecule has 0 radical (unpaired) electrons. The summed E-state index contributed by atoms with van der Waals surface area (Å²) in [6, 6.07) is 8.82. The molecule has 35 heavy (non-hydrogen) atoms. The lowest BCUT2D eigenvalue weighted by Gasteiger charge is -2.48. The first-order valence-corrected chi connectivity index (χ1v) is 11.6. The highest BCUT2D eigenvalue weighted by Crippen LogP contribution is 2.51. The van der Waals surface area contributed by atoms with Crippen LogP contribution in [0.25, 0.3) is 0 Å². The molecule has 3 aliphatic carbocycles. The Hall–Kier alpha value is -3.56. The first-order valence-electron chi connectivity index (χ1n) is 11.6. The average molecular weight is 479 g/mol. The Balaban J connectivity index is 1.56. The number of aliphatic hydroxyl groups excluding tert-OH is 2. The van der Waals surface area contributed by atoms with Crippen LogP contribution in [-0.2, 0) is 28.9 Å². The quantitative estimate of drug-likeness (QED) is 0.404. The molecule has 2 aromatic rings. The van der Waals surface area contributed by atoms with E-state index in [2.05, 4.69) is 4.98 Å². The lowest BCUT2D eigenvalue weighted by Crippen LogP contribution is -2.63. The molecule has 1 aromatic carbocycles. The summed E-state index contributed by atoms with van der Waals surface area (Å²) >= 11 is 0. The summed E-state index contributed by atoms with van der Waals surface area (Å²) in [5.41, 5.74) is 5.09. The van der Waals surface area contributed by atoms with Gasteiger partial charge >= 0.3 is 0 Å². The van der Waals surface area contributed by atoms with E-state index < -0.39 is 52.7 Å². The number of allylic oxidation sites excluding steroid dienone is 1. The summed E-state index contributed by atoms with van der Waals surface area (Å²) in [5.74, 6) is -7.04. The van der Waals surface area contributed by atoms with E-state index >= 15 is 0 Å². The SMILES string of the molecule is NC(=O)C1C(=O)[C@@]2(O)C(O)=C3C(=O)c4c(O)ccc(CCc5ccccn5)c4C[C@H]3C[C@H]2CC1O. The second kappa shape index (κ2) is 8.28. The van der Waals surface area contributed by atoms with Gasteiger partial charge in [-0.15, -0.1) is 0 Å². The van der Waals surface area contributed by atoms with E-state index in [1.807, 2.05) is 18.2 Å². The number of aromatic hydroxyl groups is 1. The predicted molar refractivity (Wildman–Crippen MR) is 122 cm³/mol. The average Bonchev–Trinajstić information content (AvgIpc) is 2.81. The number of aliphatic hydroxyl groups is 3. The molecule has 182 valence electrons. The summed E-state index contributed by atoms with van der Waals surface area (Å²) in [7, 11) is 0. The zero-order chi connectivity index (χ0) is 25.1. The standard InChI is InChI=1S/C26H26N2O7/c27-25(34)21-18(30)11-14-9-13-10-16-12(4-6-15-3-1-2-8-28-15)5-7-17(29)20(16)22(31)19(13)23(32)26(14,35)24(21)33/h1-3,5,7-8,13-14,18,21,29-30,32,35H,4,6,9-11H2,(H2,27,34)/t13-,14+,18?,21?,26+/m1/s1. The molecular formula is C26H26N2O7. The second-order valence-corrected chi connectivity index (χ2v) is 9.66. The fraction of sp³-hybridized carbons (Fsp3) is 0.385. The van der Waals surface area contributed by atoms with E-state index in [1.54, 1.807) is 12.3 Å². The van der Waals surface area contributed by atoms with Crippen molar-refractivity contribution in [3.63, 3.8) is 0 Å². The Morgan fingerprint density at radius 1 is 1.11 bits per heavy atom. The van der Waals surface area contributed by atoms with Crippen LogP contribution < -0.4 is 5.73 Å². The first-order chi connectivity index (χ1) is 16.6. The van der Waals surface area contributed by atoms with Crippen LogP contribution in [0.5, 0.6) is 5.75 Å². The number of hydrogen-bond donors (Lipinski definition) is 5.